The fourth-order valence-electron chi connectivity index (χ4n) is 1.15. The van der Waals surface area contributed by atoms with Crippen LogP contribution in [0.4, 0.5) is 5.82 Å². The standard InChI is InChI=1S/C10H16ClN3O2/c1-15-6-4-3-5-12-9-8(11)7-13-10(14-9)16-2/h7H,3-6H2,1-2H3,(H,12,13,14). The van der Waals surface area contributed by atoms with Crippen molar-refractivity contribution in [2.24, 2.45) is 0 Å². The minimum Gasteiger partial charge on any atom is -0.467 e. The normalized spacial score (nSPS) is 10.2. The molecule has 90 valence electrons. The molecule has 0 spiro atoms. The van der Waals surface area contributed by atoms with Gasteiger partial charge in [0.15, 0.2) is 5.82 Å². The van der Waals surface area contributed by atoms with Crippen LogP contribution in [0.15, 0.2) is 6.20 Å². The van der Waals surface area contributed by atoms with Crippen molar-refractivity contribution in [3.63, 3.8) is 0 Å². The van der Waals surface area contributed by atoms with Gasteiger partial charge in [-0.25, -0.2) is 4.98 Å². The first-order valence-electron chi connectivity index (χ1n) is 5.07. The number of hydrogen-bond donors (Lipinski definition) is 1. The minimum absolute atomic E-state index is 0.309. The van der Waals surface area contributed by atoms with Gasteiger partial charge in [0.1, 0.15) is 5.02 Å². The highest BCUT2D eigenvalue weighted by Crippen LogP contribution is 2.19. The van der Waals surface area contributed by atoms with E-state index in [0.29, 0.717) is 16.9 Å². The molecule has 0 aliphatic heterocycles. The van der Waals surface area contributed by atoms with E-state index in [4.69, 9.17) is 21.1 Å². The molecular weight excluding hydrogens is 230 g/mol. The topological polar surface area (TPSA) is 56.3 Å². The van der Waals surface area contributed by atoms with Gasteiger partial charge in [-0.05, 0) is 12.8 Å². The lowest BCUT2D eigenvalue weighted by Gasteiger charge is -2.07. The van der Waals surface area contributed by atoms with E-state index in [9.17, 15) is 0 Å². The third kappa shape index (κ3) is 4.20. The van der Waals surface area contributed by atoms with Gasteiger partial charge in [0, 0.05) is 20.3 Å². The van der Waals surface area contributed by atoms with Crippen LogP contribution >= 0.6 is 11.6 Å². The molecule has 0 saturated heterocycles. The average molecular weight is 246 g/mol. The molecule has 1 aromatic heterocycles. The van der Waals surface area contributed by atoms with Crippen LogP contribution in [0.1, 0.15) is 12.8 Å². The Bertz CT molecular complexity index is 323. The van der Waals surface area contributed by atoms with Crippen molar-refractivity contribution in [1.29, 1.82) is 0 Å². The number of hydrogen-bond acceptors (Lipinski definition) is 5. The Morgan fingerprint density at radius 3 is 2.88 bits per heavy atom. The smallest absolute Gasteiger partial charge is 0.318 e. The molecular formula is C10H16ClN3O2. The number of aromatic nitrogens is 2. The van der Waals surface area contributed by atoms with E-state index in [-0.39, 0.29) is 0 Å². The van der Waals surface area contributed by atoms with Crippen molar-refractivity contribution < 1.29 is 9.47 Å². The molecule has 16 heavy (non-hydrogen) atoms. The molecule has 5 nitrogen and oxygen atoms in total. The Balaban J connectivity index is 2.40. The van der Waals surface area contributed by atoms with E-state index >= 15 is 0 Å². The second-order valence-electron chi connectivity index (χ2n) is 3.18. The Kier molecular flexibility index (Phi) is 5.88. The Hall–Kier alpha value is -1.07. The van der Waals surface area contributed by atoms with Crippen LogP contribution in [0.3, 0.4) is 0 Å². The van der Waals surface area contributed by atoms with Crippen LogP contribution in [0, 0.1) is 0 Å². The van der Waals surface area contributed by atoms with Crippen LogP contribution in [-0.4, -0.2) is 37.3 Å². The number of ether oxygens (including phenoxy) is 2. The van der Waals surface area contributed by atoms with Gasteiger partial charge in [-0.2, -0.15) is 4.98 Å². The van der Waals surface area contributed by atoms with Gasteiger partial charge in [-0.3, -0.25) is 0 Å². The van der Waals surface area contributed by atoms with Crippen molar-refractivity contribution >= 4 is 17.4 Å². The van der Waals surface area contributed by atoms with Crippen LogP contribution in [0.5, 0.6) is 6.01 Å². The molecule has 0 fully saturated rings. The van der Waals surface area contributed by atoms with Crippen molar-refractivity contribution in [1.82, 2.24) is 9.97 Å². The summed E-state index contributed by atoms with van der Waals surface area (Å²) in [7, 11) is 3.21. The fraction of sp³-hybridized carbons (Fsp3) is 0.600. The molecule has 1 N–H and O–H groups in total. The van der Waals surface area contributed by atoms with E-state index < -0.39 is 0 Å². The highest BCUT2D eigenvalue weighted by atomic mass is 35.5. The zero-order chi connectivity index (χ0) is 11.8. The SMILES string of the molecule is COCCCCNc1nc(OC)ncc1Cl. The van der Waals surface area contributed by atoms with Crippen LogP contribution in [0.25, 0.3) is 0 Å². The Morgan fingerprint density at radius 2 is 2.19 bits per heavy atom. The quantitative estimate of drug-likeness (QED) is 0.745. The largest absolute Gasteiger partial charge is 0.467 e. The molecule has 0 radical (unpaired) electrons. The summed E-state index contributed by atoms with van der Waals surface area (Å²) in [6.45, 7) is 1.56. The Morgan fingerprint density at radius 1 is 1.38 bits per heavy atom. The highest BCUT2D eigenvalue weighted by Gasteiger charge is 2.04. The van der Waals surface area contributed by atoms with Crippen LogP contribution < -0.4 is 10.1 Å². The molecule has 0 aliphatic carbocycles. The zero-order valence-corrected chi connectivity index (χ0v) is 10.3. The lowest BCUT2D eigenvalue weighted by Crippen LogP contribution is -2.06. The summed E-state index contributed by atoms with van der Waals surface area (Å²) in [5.41, 5.74) is 0. The zero-order valence-electron chi connectivity index (χ0n) is 9.49. The summed E-state index contributed by atoms with van der Waals surface area (Å²) in [6.07, 6.45) is 3.52. The van der Waals surface area contributed by atoms with Gasteiger partial charge < -0.3 is 14.8 Å². The maximum atomic E-state index is 5.93. The van der Waals surface area contributed by atoms with Crippen LogP contribution in [-0.2, 0) is 4.74 Å². The van der Waals surface area contributed by atoms with Gasteiger partial charge in [0.25, 0.3) is 0 Å². The van der Waals surface area contributed by atoms with E-state index in [2.05, 4.69) is 15.3 Å². The van der Waals surface area contributed by atoms with Gasteiger partial charge in [-0.15, -0.1) is 0 Å². The van der Waals surface area contributed by atoms with Crippen LogP contribution in [0.2, 0.25) is 5.02 Å². The number of nitrogens with one attached hydrogen (secondary N) is 1. The molecule has 1 rings (SSSR count). The number of nitrogens with zero attached hydrogens (tertiary/aromatic N) is 2. The summed E-state index contributed by atoms with van der Waals surface area (Å²) >= 11 is 5.93. The molecule has 0 amide bonds. The van der Waals surface area contributed by atoms with E-state index in [1.54, 1.807) is 7.11 Å². The van der Waals surface area contributed by atoms with E-state index in [1.807, 2.05) is 0 Å². The second kappa shape index (κ2) is 7.24. The fourth-order valence-corrected chi connectivity index (χ4v) is 1.31. The summed E-state index contributed by atoms with van der Waals surface area (Å²) in [5, 5.41) is 3.62. The highest BCUT2D eigenvalue weighted by molar-refractivity contribution is 6.32. The maximum absolute atomic E-state index is 5.93. The predicted molar refractivity (Wildman–Crippen MR) is 63.2 cm³/mol. The van der Waals surface area contributed by atoms with Gasteiger partial charge in [0.05, 0.1) is 13.3 Å². The molecule has 0 bridgehead atoms. The summed E-state index contributed by atoms with van der Waals surface area (Å²) in [4.78, 5) is 7.99. The first-order valence-corrected chi connectivity index (χ1v) is 5.45. The predicted octanol–water partition coefficient (Wildman–Crippen LogP) is 1.98. The van der Waals surface area contributed by atoms with Gasteiger partial charge >= 0.3 is 6.01 Å². The molecule has 1 aromatic rings. The van der Waals surface area contributed by atoms with Crippen molar-refractivity contribution in [2.45, 2.75) is 12.8 Å². The maximum Gasteiger partial charge on any atom is 0.318 e. The number of unbranched alkanes of at least 4 members (excludes halogenated alkanes) is 1. The second-order valence-corrected chi connectivity index (χ2v) is 3.59. The number of halogens is 1. The third-order valence-corrected chi connectivity index (χ3v) is 2.25. The molecule has 6 heteroatoms. The lowest BCUT2D eigenvalue weighted by molar-refractivity contribution is 0.194. The van der Waals surface area contributed by atoms with Gasteiger partial charge in [0.2, 0.25) is 0 Å². The average Bonchev–Trinajstić information content (AvgIpc) is 2.31. The first-order chi connectivity index (χ1) is 7.77. The minimum atomic E-state index is 0.309. The lowest BCUT2D eigenvalue weighted by atomic mass is 10.3. The van der Waals surface area contributed by atoms with Crippen molar-refractivity contribution in [2.75, 3.05) is 32.7 Å². The van der Waals surface area contributed by atoms with E-state index in [0.717, 1.165) is 26.0 Å². The molecule has 0 atom stereocenters. The van der Waals surface area contributed by atoms with Crippen molar-refractivity contribution in [3.8, 4) is 6.01 Å². The molecule has 0 unspecified atom stereocenters. The molecule has 0 saturated carbocycles. The monoisotopic (exact) mass is 245 g/mol. The number of rotatable bonds is 7. The summed E-state index contributed by atoms with van der Waals surface area (Å²) < 4.78 is 9.87. The number of anilines is 1. The first kappa shape index (κ1) is 13.0. The van der Waals surface area contributed by atoms with Gasteiger partial charge in [-0.1, -0.05) is 11.6 Å². The number of methoxy groups -OCH3 is 2. The molecule has 1 heterocycles. The molecule has 0 aliphatic rings. The third-order valence-electron chi connectivity index (χ3n) is 1.97. The van der Waals surface area contributed by atoms with Crippen molar-refractivity contribution in [3.05, 3.63) is 11.2 Å². The molecule has 0 aromatic carbocycles. The summed E-state index contributed by atoms with van der Waals surface area (Å²) in [6, 6.07) is 0.309. The summed E-state index contributed by atoms with van der Waals surface area (Å²) in [5.74, 6) is 0.603. The Labute approximate surface area is 100 Å². The van der Waals surface area contributed by atoms with E-state index in [1.165, 1.54) is 13.3 Å².